The van der Waals surface area contributed by atoms with Gasteiger partial charge in [-0.25, -0.2) is 0 Å². The van der Waals surface area contributed by atoms with E-state index in [-0.39, 0.29) is 24.2 Å². The van der Waals surface area contributed by atoms with Crippen LogP contribution in [0.15, 0.2) is 30.3 Å². The summed E-state index contributed by atoms with van der Waals surface area (Å²) < 4.78 is 10.5. The summed E-state index contributed by atoms with van der Waals surface area (Å²) in [5.41, 5.74) is 1.07. The molecule has 0 N–H and O–H groups in total. The van der Waals surface area contributed by atoms with Crippen LogP contribution in [0.25, 0.3) is 0 Å². The van der Waals surface area contributed by atoms with Crippen LogP contribution in [0.5, 0.6) is 0 Å². The van der Waals surface area contributed by atoms with Crippen LogP contribution in [0, 0.1) is 5.92 Å². The summed E-state index contributed by atoms with van der Waals surface area (Å²) in [7, 11) is 1.36. The maximum Gasteiger partial charge on any atom is 0.313 e. The van der Waals surface area contributed by atoms with Gasteiger partial charge in [-0.05, 0) is 18.4 Å². The van der Waals surface area contributed by atoms with Crippen molar-refractivity contribution in [1.29, 1.82) is 0 Å². The molecule has 0 aromatic heterocycles. The van der Waals surface area contributed by atoms with Crippen molar-refractivity contribution < 1.29 is 23.9 Å². The Morgan fingerprint density at radius 2 is 2.04 bits per heavy atom. The van der Waals surface area contributed by atoms with Gasteiger partial charge in [0.05, 0.1) is 26.4 Å². The van der Waals surface area contributed by atoms with Gasteiger partial charge in [0, 0.05) is 13.0 Å². The Labute approximate surface area is 148 Å². The number of hydrogen-bond acceptors (Lipinski definition) is 6. The fourth-order valence-electron chi connectivity index (χ4n) is 3.59. The predicted octanol–water partition coefficient (Wildman–Crippen LogP) is 2.12. The van der Waals surface area contributed by atoms with Gasteiger partial charge in [0.15, 0.2) is 11.9 Å². The number of fused-ring (bicyclic) bond motifs is 1. The lowest BCUT2D eigenvalue weighted by Gasteiger charge is -2.28. The molecule has 3 rings (SSSR count). The van der Waals surface area contributed by atoms with E-state index < -0.39 is 12.0 Å². The minimum Gasteiger partial charge on any atom is -0.469 e. The number of esters is 1. The van der Waals surface area contributed by atoms with Crippen LogP contribution in [-0.4, -0.2) is 49.2 Å². The summed E-state index contributed by atoms with van der Waals surface area (Å²) in [6, 6.07) is 9.76. The molecule has 2 aliphatic heterocycles. The lowest BCUT2D eigenvalue weighted by Crippen LogP contribution is -2.41. The molecule has 6 nitrogen and oxygen atoms in total. The number of nitrogens with zero attached hydrogens (tertiary/aromatic N) is 1. The quantitative estimate of drug-likeness (QED) is 0.556. The van der Waals surface area contributed by atoms with Gasteiger partial charge in [0.2, 0.25) is 0 Å². The summed E-state index contributed by atoms with van der Waals surface area (Å²) in [6.07, 6.45) is 2.39. The molecular formula is C19H25NO5. The van der Waals surface area contributed by atoms with E-state index in [1.54, 1.807) is 5.06 Å². The van der Waals surface area contributed by atoms with Crippen LogP contribution < -0.4 is 0 Å². The van der Waals surface area contributed by atoms with E-state index in [9.17, 15) is 9.59 Å². The van der Waals surface area contributed by atoms with E-state index in [2.05, 4.69) is 0 Å². The number of carbonyl (C=O) groups excluding carboxylic acids is 2. The third kappa shape index (κ3) is 4.26. The zero-order valence-electron chi connectivity index (χ0n) is 14.6. The Balaban J connectivity index is 1.53. The van der Waals surface area contributed by atoms with E-state index in [4.69, 9.17) is 14.3 Å². The van der Waals surface area contributed by atoms with Gasteiger partial charge >= 0.3 is 5.97 Å². The van der Waals surface area contributed by atoms with E-state index in [1.807, 2.05) is 30.3 Å². The number of rotatable bonds is 7. The van der Waals surface area contributed by atoms with Crippen molar-refractivity contribution in [3.8, 4) is 0 Å². The SMILES string of the molecule is COC(=O)[C@@H]1[C@H]2CCCCN2O[C@H]1C(=O)CCOCc1ccccc1. The number of ether oxygens (including phenoxy) is 2. The van der Waals surface area contributed by atoms with Crippen molar-refractivity contribution in [1.82, 2.24) is 5.06 Å². The minimum absolute atomic E-state index is 0.0552. The molecule has 25 heavy (non-hydrogen) atoms. The molecule has 0 saturated carbocycles. The highest BCUT2D eigenvalue weighted by molar-refractivity contribution is 5.89. The highest BCUT2D eigenvalue weighted by atomic mass is 16.7. The number of hydrogen-bond donors (Lipinski definition) is 0. The Hall–Kier alpha value is -1.76. The third-order valence-corrected chi connectivity index (χ3v) is 4.88. The van der Waals surface area contributed by atoms with Crippen LogP contribution in [-0.2, 0) is 30.5 Å². The monoisotopic (exact) mass is 347 g/mol. The van der Waals surface area contributed by atoms with Crippen molar-refractivity contribution in [3.63, 3.8) is 0 Å². The van der Waals surface area contributed by atoms with E-state index in [0.29, 0.717) is 13.2 Å². The average molecular weight is 347 g/mol. The third-order valence-electron chi connectivity index (χ3n) is 4.88. The first kappa shape index (κ1) is 18.0. The molecule has 2 aliphatic rings. The summed E-state index contributed by atoms with van der Waals surface area (Å²) in [5.74, 6) is -0.997. The zero-order chi connectivity index (χ0) is 17.6. The van der Waals surface area contributed by atoms with Crippen molar-refractivity contribution in [2.24, 2.45) is 5.92 Å². The minimum atomic E-state index is -0.754. The van der Waals surface area contributed by atoms with Crippen molar-refractivity contribution in [2.75, 3.05) is 20.3 Å². The number of piperidine rings is 1. The smallest absolute Gasteiger partial charge is 0.313 e. The van der Waals surface area contributed by atoms with Gasteiger partial charge in [0.25, 0.3) is 0 Å². The van der Waals surface area contributed by atoms with Crippen molar-refractivity contribution in [2.45, 2.75) is 44.4 Å². The van der Waals surface area contributed by atoms with Gasteiger partial charge in [-0.3, -0.25) is 14.4 Å². The van der Waals surface area contributed by atoms with E-state index >= 15 is 0 Å². The molecule has 0 bridgehead atoms. The first-order valence-corrected chi connectivity index (χ1v) is 8.86. The fourth-order valence-corrected chi connectivity index (χ4v) is 3.59. The fraction of sp³-hybridized carbons (Fsp3) is 0.579. The van der Waals surface area contributed by atoms with Crippen LogP contribution >= 0.6 is 0 Å². The number of carbonyl (C=O) groups is 2. The molecule has 0 spiro atoms. The normalized spacial score (nSPS) is 26.2. The summed E-state index contributed by atoms with van der Waals surface area (Å²) in [4.78, 5) is 30.6. The van der Waals surface area contributed by atoms with Crippen LogP contribution in [0.1, 0.15) is 31.2 Å². The molecule has 1 aromatic rings. The number of ketones is 1. The molecule has 3 atom stereocenters. The summed E-state index contributed by atoms with van der Waals surface area (Å²) in [5, 5.41) is 1.80. The van der Waals surface area contributed by atoms with Gasteiger partial charge in [-0.15, -0.1) is 0 Å². The van der Waals surface area contributed by atoms with Gasteiger partial charge in [-0.2, -0.15) is 5.06 Å². The Morgan fingerprint density at radius 1 is 1.24 bits per heavy atom. The van der Waals surface area contributed by atoms with Gasteiger partial charge < -0.3 is 9.47 Å². The Kier molecular flexibility index (Phi) is 6.18. The second-order valence-electron chi connectivity index (χ2n) is 6.53. The highest BCUT2D eigenvalue weighted by Crippen LogP contribution is 2.35. The maximum atomic E-state index is 12.6. The second-order valence-corrected chi connectivity index (χ2v) is 6.53. The first-order chi connectivity index (χ1) is 12.2. The van der Waals surface area contributed by atoms with Crippen LogP contribution in [0.3, 0.4) is 0 Å². The molecule has 0 radical (unpaired) electrons. The molecular weight excluding hydrogens is 322 g/mol. The molecule has 0 amide bonds. The standard InChI is InChI=1S/C19H25NO5/c1-23-19(22)17-15-9-5-6-11-20(15)25-18(17)16(21)10-12-24-13-14-7-3-2-4-8-14/h2-4,7-8,15,17-18H,5-6,9-13H2,1H3/t15-,17-,18+/m1/s1. The van der Waals surface area contributed by atoms with Crippen molar-refractivity contribution >= 4 is 11.8 Å². The highest BCUT2D eigenvalue weighted by Gasteiger charge is 2.51. The molecule has 0 aliphatic carbocycles. The Morgan fingerprint density at radius 3 is 2.80 bits per heavy atom. The maximum absolute atomic E-state index is 12.6. The van der Waals surface area contributed by atoms with Gasteiger partial charge in [0.1, 0.15) is 5.92 Å². The number of hydroxylamine groups is 2. The largest absolute Gasteiger partial charge is 0.469 e. The molecule has 0 unspecified atom stereocenters. The second kappa shape index (κ2) is 8.56. The number of benzene rings is 1. The van der Waals surface area contributed by atoms with Crippen LogP contribution in [0.2, 0.25) is 0 Å². The lowest BCUT2D eigenvalue weighted by molar-refractivity contribution is -0.179. The first-order valence-electron chi connectivity index (χ1n) is 8.86. The van der Waals surface area contributed by atoms with Crippen molar-refractivity contribution in [3.05, 3.63) is 35.9 Å². The topological polar surface area (TPSA) is 65.1 Å². The zero-order valence-corrected chi connectivity index (χ0v) is 14.6. The molecule has 2 saturated heterocycles. The predicted molar refractivity (Wildman–Crippen MR) is 90.4 cm³/mol. The Bertz CT molecular complexity index is 591. The molecule has 136 valence electrons. The molecule has 2 fully saturated rings. The lowest BCUT2D eigenvalue weighted by atomic mass is 9.87. The molecule has 1 aromatic carbocycles. The van der Waals surface area contributed by atoms with Gasteiger partial charge in [-0.1, -0.05) is 36.8 Å². The van der Waals surface area contributed by atoms with Crippen LogP contribution in [0.4, 0.5) is 0 Å². The van der Waals surface area contributed by atoms with E-state index in [0.717, 1.165) is 31.4 Å². The number of Topliss-reactive ketones (excluding diaryl/α,β-unsaturated/α-hetero) is 1. The number of methoxy groups -OCH3 is 1. The molecule has 6 heteroatoms. The summed E-state index contributed by atoms with van der Waals surface area (Å²) in [6.45, 7) is 1.54. The molecule has 2 heterocycles. The van der Waals surface area contributed by atoms with E-state index in [1.165, 1.54) is 7.11 Å². The summed E-state index contributed by atoms with van der Waals surface area (Å²) >= 11 is 0. The average Bonchev–Trinajstić information content (AvgIpc) is 3.05.